The van der Waals surface area contributed by atoms with Gasteiger partial charge in [0.1, 0.15) is 5.82 Å². The number of hydrogen-bond acceptors (Lipinski definition) is 7. The van der Waals surface area contributed by atoms with Crippen LogP contribution in [-0.4, -0.2) is 46.1 Å². The smallest absolute Gasteiger partial charge is 0.190 e. The first-order valence-corrected chi connectivity index (χ1v) is 15.1. The fraction of sp³-hybridized carbons (Fsp3) is 0.571. The molecule has 0 aliphatic carbocycles. The zero-order chi connectivity index (χ0) is 21.8. The molecular weight excluding hydrogens is 500 g/mol. The maximum absolute atomic E-state index is 10.4. The molecule has 1 fully saturated rings. The van der Waals surface area contributed by atoms with Crippen molar-refractivity contribution in [3.8, 4) is 0 Å². The number of benzene rings is 1. The maximum atomic E-state index is 10.4. The number of aromatic nitrogens is 2. The summed E-state index contributed by atoms with van der Waals surface area (Å²) in [6.07, 6.45) is 3.72. The van der Waals surface area contributed by atoms with Crippen LogP contribution in [0.2, 0.25) is 0 Å². The molecule has 1 N–H and O–H groups in total. The first kappa shape index (κ1) is 22.7. The molecule has 30 heavy (non-hydrogen) atoms. The molecule has 4 rings (SSSR count). The Morgan fingerprint density at radius 1 is 1.30 bits per heavy atom. The molecule has 1 saturated heterocycles. The van der Waals surface area contributed by atoms with Gasteiger partial charge in [0.15, 0.2) is 5.16 Å². The molecule has 0 radical (unpaired) electrons. The minimum Gasteiger partial charge on any atom is -0.391 e. The first-order valence-electron chi connectivity index (χ1n) is 10.4. The maximum Gasteiger partial charge on any atom is 0.190 e. The lowest BCUT2D eigenvalue weighted by Crippen LogP contribution is -2.41. The van der Waals surface area contributed by atoms with Crippen LogP contribution in [0.5, 0.6) is 0 Å². The second kappa shape index (κ2) is 8.46. The van der Waals surface area contributed by atoms with Gasteiger partial charge in [0.05, 0.1) is 28.4 Å². The lowest BCUT2D eigenvalue weighted by atomic mass is 9.96. The average Bonchev–Trinajstić information content (AvgIpc) is 2.72. The van der Waals surface area contributed by atoms with E-state index in [1.54, 1.807) is 0 Å². The largest absolute Gasteiger partial charge is 0.391 e. The van der Waals surface area contributed by atoms with Crippen molar-refractivity contribution >= 4 is 70.1 Å². The fourth-order valence-corrected chi connectivity index (χ4v) is 5.85. The van der Waals surface area contributed by atoms with E-state index in [0.717, 1.165) is 62.5 Å². The normalized spacial score (nSPS) is 24.9. The quantitative estimate of drug-likeness (QED) is 0.320. The predicted molar refractivity (Wildman–Crippen MR) is 138 cm³/mol. The van der Waals surface area contributed by atoms with Crippen LogP contribution >= 0.6 is 47.3 Å². The summed E-state index contributed by atoms with van der Waals surface area (Å²) >= 11 is 13.5. The summed E-state index contributed by atoms with van der Waals surface area (Å²) in [5.74, 6) is 1.97. The van der Waals surface area contributed by atoms with E-state index < -0.39 is 8.09 Å². The van der Waals surface area contributed by atoms with Crippen molar-refractivity contribution in [1.29, 1.82) is 0 Å². The number of thiol groups is 2. The van der Waals surface area contributed by atoms with Gasteiger partial charge in [0.25, 0.3) is 0 Å². The third-order valence-electron chi connectivity index (χ3n) is 6.20. The molecule has 0 bridgehead atoms. The molecule has 2 aliphatic heterocycles. The number of aliphatic hydroxyl groups is 1. The summed E-state index contributed by atoms with van der Waals surface area (Å²) in [4.78, 5) is 17.2. The van der Waals surface area contributed by atoms with E-state index in [1.807, 2.05) is 0 Å². The highest BCUT2D eigenvalue weighted by atomic mass is 79.9. The third-order valence-corrected chi connectivity index (χ3v) is 11.3. The van der Waals surface area contributed by atoms with Crippen molar-refractivity contribution in [2.24, 2.45) is 10.9 Å². The van der Waals surface area contributed by atoms with Crippen LogP contribution in [0.3, 0.4) is 0 Å². The lowest BCUT2D eigenvalue weighted by Gasteiger charge is -2.34. The number of anilines is 1. The highest BCUT2D eigenvalue weighted by Crippen LogP contribution is 2.62. The number of aryl methyl sites for hydroxylation is 1. The van der Waals surface area contributed by atoms with E-state index in [9.17, 15) is 5.11 Å². The van der Waals surface area contributed by atoms with Crippen LogP contribution < -0.4 is 15.5 Å². The van der Waals surface area contributed by atoms with Crippen molar-refractivity contribution in [2.45, 2.75) is 57.8 Å². The van der Waals surface area contributed by atoms with E-state index in [-0.39, 0.29) is 12.1 Å². The molecule has 0 amide bonds. The molecule has 5 nitrogen and oxygen atoms in total. The van der Waals surface area contributed by atoms with E-state index >= 15 is 0 Å². The minimum absolute atomic E-state index is 0.221. The van der Waals surface area contributed by atoms with Gasteiger partial charge in [0, 0.05) is 22.8 Å². The van der Waals surface area contributed by atoms with Gasteiger partial charge >= 0.3 is 0 Å². The van der Waals surface area contributed by atoms with Gasteiger partial charge in [-0.1, -0.05) is 28.0 Å². The number of hydrogen-bond donors (Lipinski definition) is 3. The highest BCUT2D eigenvalue weighted by molar-refractivity contribution is 9.17. The second-order valence-electron chi connectivity index (χ2n) is 8.35. The fourth-order valence-electron chi connectivity index (χ4n) is 4.13. The molecule has 3 heterocycles. The van der Waals surface area contributed by atoms with Crippen molar-refractivity contribution in [3.63, 3.8) is 0 Å². The molecule has 9 heteroatoms. The Morgan fingerprint density at radius 3 is 2.70 bits per heavy atom. The van der Waals surface area contributed by atoms with Crippen molar-refractivity contribution in [3.05, 3.63) is 20.6 Å². The summed E-state index contributed by atoms with van der Waals surface area (Å²) in [7, 11) is -1.71. The highest BCUT2D eigenvalue weighted by Gasteiger charge is 2.28. The van der Waals surface area contributed by atoms with Gasteiger partial charge < -0.3 is 10.0 Å². The molecule has 2 aliphatic rings. The van der Waals surface area contributed by atoms with E-state index in [1.165, 1.54) is 0 Å². The lowest BCUT2D eigenvalue weighted by molar-refractivity contribution is 0.154. The molecule has 0 spiro atoms. The summed E-state index contributed by atoms with van der Waals surface area (Å²) in [5, 5.41) is 14.1. The van der Waals surface area contributed by atoms with Gasteiger partial charge in [-0.15, -0.1) is 23.3 Å². The van der Waals surface area contributed by atoms with E-state index in [2.05, 4.69) is 54.6 Å². The van der Waals surface area contributed by atoms with Crippen molar-refractivity contribution in [1.82, 2.24) is 9.97 Å². The molecule has 1 aromatic heterocycles. The third kappa shape index (κ3) is 3.89. The SMILES string of the molecule is CCS(S)(S)c1nc(N2CCCC(O)C2)c2c3c(c(Br)c(C)c2n1)=NC(C)C(C)C=3. The van der Waals surface area contributed by atoms with Gasteiger partial charge in [-0.05, 0) is 59.9 Å². The monoisotopic (exact) mass is 528 g/mol. The minimum atomic E-state index is -1.71. The van der Waals surface area contributed by atoms with Crippen LogP contribution in [0.25, 0.3) is 17.0 Å². The second-order valence-corrected chi connectivity index (χ2v) is 16.0. The Bertz CT molecular complexity index is 1120. The van der Waals surface area contributed by atoms with Gasteiger partial charge in [-0.2, -0.15) is 0 Å². The molecule has 164 valence electrons. The number of nitrogens with zero attached hydrogens (tertiary/aromatic N) is 4. The molecule has 0 saturated carbocycles. The van der Waals surface area contributed by atoms with Crippen LogP contribution in [0.4, 0.5) is 5.82 Å². The summed E-state index contributed by atoms with van der Waals surface area (Å²) in [6.45, 7) is 9.94. The van der Waals surface area contributed by atoms with E-state index in [4.69, 9.17) is 38.3 Å². The number of piperidine rings is 1. The number of halogens is 1. The Labute approximate surface area is 197 Å². The zero-order valence-electron chi connectivity index (χ0n) is 17.8. The van der Waals surface area contributed by atoms with Crippen molar-refractivity contribution < 1.29 is 5.11 Å². The number of rotatable bonds is 3. The van der Waals surface area contributed by atoms with Gasteiger partial charge in [-0.3, -0.25) is 4.99 Å². The molecule has 3 atom stereocenters. The standard InChI is InChI=1S/C21H29BrN4OS3/c1-5-30(28,29)21-24-18-12(3)17(22)19-15(9-11(2)13(4)23-19)16(18)20(25-21)26-8-6-7-14(27)10-26/h9,11,13-14,27-29H,5-8,10H2,1-4H3. The van der Waals surface area contributed by atoms with Gasteiger partial charge in [0.2, 0.25) is 0 Å². The topological polar surface area (TPSA) is 61.6 Å². The molecule has 2 aromatic rings. The zero-order valence-corrected chi connectivity index (χ0v) is 22.0. The Hall–Kier alpha value is -0.480. The average molecular weight is 530 g/mol. The summed E-state index contributed by atoms with van der Waals surface area (Å²) < 4.78 is 0.990. The number of fused-ring (bicyclic) bond motifs is 3. The Balaban J connectivity index is 2.14. The van der Waals surface area contributed by atoms with Gasteiger partial charge in [-0.25, -0.2) is 9.97 Å². The van der Waals surface area contributed by atoms with Crippen LogP contribution in [0.1, 0.15) is 39.2 Å². The molecule has 1 aromatic carbocycles. The van der Waals surface area contributed by atoms with Crippen LogP contribution in [-0.2, 0) is 0 Å². The first-order chi connectivity index (χ1) is 14.1. The van der Waals surface area contributed by atoms with Crippen molar-refractivity contribution in [2.75, 3.05) is 23.7 Å². The predicted octanol–water partition coefficient (Wildman–Crippen LogP) is 3.97. The Morgan fingerprint density at radius 2 is 2.03 bits per heavy atom. The number of β-amino-alcohol motifs (C(OH)–C–C–N with tert-alkyl or cyclic N) is 1. The summed E-state index contributed by atoms with van der Waals surface area (Å²) in [5.41, 5.74) is 1.97. The van der Waals surface area contributed by atoms with Crippen LogP contribution in [0, 0.1) is 12.8 Å². The molecule has 3 unspecified atom stereocenters. The van der Waals surface area contributed by atoms with Crippen LogP contribution in [0.15, 0.2) is 14.6 Å². The summed E-state index contributed by atoms with van der Waals surface area (Å²) in [6, 6.07) is 0.221. The van der Waals surface area contributed by atoms with E-state index in [0.29, 0.717) is 17.6 Å². The molecular formula is C21H29BrN4OS3. The Kier molecular flexibility index (Phi) is 6.40. The number of aliphatic hydroxyl groups excluding tert-OH is 1.